The molecule has 4 rings (SSSR count). The maximum absolute atomic E-state index is 12.5. The molecule has 0 radical (unpaired) electrons. The standard InChI is InChI=1S/C28H37N3O14/c1-31-20-15(21(34)18(44-27(20)40)9-41-25(38)13-6-11(29)2-4-16(13)32)8-43-28-24(37)23(36)22(35)19(45-28)10-42-26(39)14-7-12(30)3-5-17(14)33/h2-7,15,18-24,27-28,31-37,40H,8-10,29-30H2,1H3/t15-,18?,19?,20?,21-,22+,23+,24?,27+,28+/m0/s1. The maximum atomic E-state index is 12.5. The van der Waals surface area contributed by atoms with Gasteiger partial charge in [-0.2, -0.15) is 0 Å². The fraction of sp³-hybridized carbons (Fsp3) is 0.500. The number of aliphatic hydroxyl groups is 5. The zero-order valence-electron chi connectivity index (χ0n) is 24.0. The van der Waals surface area contributed by atoms with Crippen LogP contribution >= 0.6 is 0 Å². The molecule has 0 saturated carbocycles. The lowest BCUT2D eigenvalue weighted by molar-refractivity contribution is -0.311. The largest absolute Gasteiger partial charge is 0.507 e. The van der Waals surface area contributed by atoms with Gasteiger partial charge in [0.25, 0.3) is 0 Å². The van der Waals surface area contributed by atoms with Gasteiger partial charge in [-0.05, 0) is 43.4 Å². The van der Waals surface area contributed by atoms with Gasteiger partial charge in [-0.3, -0.25) is 0 Å². The van der Waals surface area contributed by atoms with Gasteiger partial charge in [-0.25, -0.2) is 9.59 Å². The molecule has 2 fully saturated rings. The molecule has 2 heterocycles. The van der Waals surface area contributed by atoms with Gasteiger partial charge in [0.15, 0.2) is 12.6 Å². The molecule has 10 atom stereocenters. The van der Waals surface area contributed by atoms with Crippen LogP contribution in [-0.4, -0.2) is 130 Å². The molecule has 0 aliphatic carbocycles. The lowest BCUT2D eigenvalue weighted by Crippen LogP contribution is -2.62. The Kier molecular flexibility index (Phi) is 11.0. The number of nitrogens with two attached hydrogens (primary N) is 2. The van der Waals surface area contributed by atoms with Crippen molar-refractivity contribution in [3.63, 3.8) is 0 Å². The first-order valence-electron chi connectivity index (χ1n) is 13.8. The van der Waals surface area contributed by atoms with E-state index < -0.39 is 98.7 Å². The van der Waals surface area contributed by atoms with Crippen molar-refractivity contribution in [3.05, 3.63) is 47.5 Å². The molecule has 4 unspecified atom stereocenters. The fourth-order valence-electron chi connectivity index (χ4n) is 5.04. The van der Waals surface area contributed by atoms with Gasteiger partial charge in [0.05, 0.1) is 18.8 Å². The number of benzene rings is 2. The molecule has 2 aromatic carbocycles. The first-order chi connectivity index (χ1) is 21.3. The van der Waals surface area contributed by atoms with E-state index >= 15 is 0 Å². The number of carbonyl (C=O) groups is 2. The molecular weight excluding hydrogens is 602 g/mol. The fourth-order valence-corrected chi connectivity index (χ4v) is 5.04. The van der Waals surface area contributed by atoms with Crippen molar-refractivity contribution >= 4 is 23.3 Å². The topological polar surface area (TPSA) is 286 Å². The van der Waals surface area contributed by atoms with Crippen LogP contribution in [0.1, 0.15) is 20.7 Å². The highest BCUT2D eigenvalue weighted by Gasteiger charge is 2.48. The molecule has 45 heavy (non-hydrogen) atoms. The number of aromatic hydroxyl groups is 2. The molecule has 0 aromatic heterocycles. The minimum atomic E-state index is -1.80. The van der Waals surface area contributed by atoms with E-state index in [1.54, 1.807) is 0 Å². The van der Waals surface area contributed by atoms with Crippen LogP contribution < -0.4 is 16.8 Å². The third-order valence-corrected chi connectivity index (χ3v) is 7.60. The summed E-state index contributed by atoms with van der Waals surface area (Å²) in [6.07, 6.45) is -12.5. The Morgan fingerprint density at radius 3 is 1.78 bits per heavy atom. The molecule has 0 amide bonds. The first kappa shape index (κ1) is 34.1. The first-order valence-corrected chi connectivity index (χ1v) is 13.8. The highest BCUT2D eigenvalue weighted by atomic mass is 16.7. The van der Waals surface area contributed by atoms with E-state index in [1.807, 2.05) is 0 Å². The Morgan fingerprint density at radius 2 is 1.27 bits per heavy atom. The van der Waals surface area contributed by atoms with Crippen LogP contribution in [0.25, 0.3) is 0 Å². The minimum absolute atomic E-state index is 0.182. The number of ether oxygens (including phenoxy) is 5. The summed E-state index contributed by atoms with van der Waals surface area (Å²) in [7, 11) is 1.48. The van der Waals surface area contributed by atoms with Gasteiger partial charge >= 0.3 is 11.9 Å². The number of hydrogen-bond acceptors (Lipinski definition) is 17. The van der Waals surface area contributed by atoms with E-state index in [0.29, 0.717) is 0 Å². The lowest BCUT2D eigenvalue weighted by atomic mass is 9.87. The highest BCUT2D eigenvalue weighted by Crippen LogP contribution is 2.30. The third-order valence-electron chi connectivity index (χ3n) is 7.60. The average Bonchev–Trinajstić information content (AvgIpc) is 3.01. The van der Waals surface area contributed by atoms with Gasteiger partial charge in [0.2, 0.25) is 0 Å². The zero-order valence-corrected chi connectivity index (χ0v) is 24.0. The van der Waals surface area contributed by atoms with Gasteiger partial charge in [-0.15, -0.1) is 0 Å². The molecule has 0 bridgehead atoms. The number of rotatable bonds is 10. The van der Waals surface area contributed by atoms with Crippen LogP contribution in [0.5, 0.6) is 11.5 Å². The van der Waals surface area contributed by atoms with Crippen molar-refractivity contribution < 1.29 is 69.0 Å². The molecule has 2 aliphatic rings. The smallest absolute Gasteiger partial charge is 0.342 e. The molecule has 2 aromatic rings. The van der Waals surface area contributed by atoms with Crippen LogP contribution in [0.4, 0.5) is 11.4 Å². The number of phenolic OH excluding ortho intramolecular Hbond substituents is 2. The number of anilines is 2. The molecule has 248 valence electrons. The van der Waals surface area contributed by atoms with Crippen LogP contribution in [0.2, 0.25) is 0 Å². The quantitative estimate of drug-likeness (QED) is 0.0723. The van der Waals surface area contributed by atoms with E-state index in [4.69, 9.17) is 35.2 Å². The van der Waals surface area contributed by atoms with Crippen LogP contribution in [-0.2, 0) is 23.7 Å². The Balaban J connectivity index is 1.39. The summed E-state index contributed by atoms with van der Waals surface area (Å²) in [6, 6.07) is 6.62. The molecule has 2 saturated heterocycles. The summed E-state index contributed by atoms with van der Waals surface area (Å²) >= 11 is 0. The van der Waals surface area contributed by atoms with Gasteiger partial charge < -0.3 is 76.2 Å². The summed E-state index contributed by atoms with van der Waals surface area (Å²) in [5, 5.41) is 75.6. The number of phenols is 2. The summed E-state index contributed by atoms with van der Waals surface area (Å²) in [4.78, 5) is 25.0. The predicted octanol–water partition coefficient (Wildman–Crippen LogP) is -2.62. The number of aliphatic hydroxyl groups excluding tert-OH is 5. The summed E-state index contributed by atoms with van der Waals surface area (Å²) in [6.45, 7) is -1.57. The van der Waals surface area contributed by atoms with Gasteiger partial charge in [0.1, 0.15) is 66.4 Å². The summed E-state index contributed by atoms with van der Waals surface area (Å²) < 4.78 is 27.0. The van der Waals surface area contributed by atoms with Gasteiger partial charge in [-0.1, -0.05) is 0 Å². The third kappa shape index (κ3) is 7.72. The van der Waals surface area contributed by atoms with Crippen LogP contribution in [0.3, 0.4) is 0 Å². The normalized spacial score (nSPS) is 31.7. The van der Waals surface area contributed by atoms with Crippen molar-refractivity contribution in [2.24, 2.45) is 5.92 Å². The predicted molar refractivity (Wildman–Crippen MR) is 151 cm³/mol. The van der Waals surface area contributed by atoms with E-state index in [-0.39, 0.29) is 28.3 Å². The zero-order chi connectivity index (χ0) is 33.0. The molecule has 12 N–H and O–H groups in total. The average molecular weight is 640 g/mol. The van der Waals surface area contributed by atoms with Crippen molar-refractivity contribution in [2.75, 3.05) is 38.3 Å². The Bertz CT molecular complexity index is 1350. The van der Waals surface area contributed by atoms with Crippen molar-refractivity contribution in [1.82, 2.24) is 5.32 Å². The van der Waals surface area contributed by atoms with Gasteiger partial charge in [0, 0.05) is 17.3 Å². The molecule has 17 nitrogen and oxygen atoms in total. The van der Waals surface area contributed by atoms with E-state index in [0.717, 1.165) is 0 Å². The SMILES string of the molecule is CNC1[C@H](O)OC(COC(=O)c2cc(N)ccc2O)[C@@H](O)[C@H]1CO[C@@H]1OC(COC(=O)c2cc(N)ccc2O)[C@@H](O)[C@@H](O)C1O. The number of nitrogens with one attached hydrogen (secondary N) is 1. The molecule has 0 spiro atoms. The number of nitrogen functional groups attached to an aromatic ring is 2. The summed E-state index contributed by atoms with van der Waals surface area (Å²) in [5.41, 5.74) is 11.2. The van der Waals surface area contributed by atoms with E-state index in [9.17, 15) is 45.3 Å². The number of esters is 2. The monoisotopic (exact) mass is 639 g/mol. The van der Waals surface area contributed by atoms with Crippen LogP contribution in [0, 0.1) is 5.92 Å². The van der Waals surface area contributed by atoms with Crippen molar-refractivity contribution in [3.8, 4) is 11.5 Å². The second-order valence-corrected chi connectivity index (χ2v) is 10.6. The second kappa shape index (κ2) is 14.5. The minimum Gasteiger partial charge on any atom is -0.507 e. The number of likely N-dealkylation sites (N-methyl/N-ethyl adjacent to an activating group) is 1. The molecular formula is C28H37N3O14. The second-order valence-electron chi connectivity index (χ2n) is 10.6. The Morgan fingerprint density at radius 1 is 0.756 bits per heavy atom. The van der Waals surface area contributed by atoms with E-state index in [1.165, 1.54) is 43.4 Å². The van der Waals surface area contributed by atoms with Crippen molar-refractivity contribution in [2.45, 2.75) is 55.2 Å². The highest BCUT2D eigenvalue weighted by molar-refractivity contribution is 5.94. The summed E-state index contributed by atoms with van der Waals surface area (Å²) in [5.74, 6) is -3.70. The van der Waals surface area contributed by atoms with E-state index in [2.05, 4.69) is 5.32 Å². The lowest BCUT2D eigenvalue weighted by Gasteiger charge is -2.44. The van der Waals surface area contributed by atoms with Crippen LogP contribution in [0.15, 0.2) is 36.4 Å². The molecule has 2 aliphatic heterocycles. The molecule has 17 heteroatoms. The van der Waals surface area contributed by atoms with Crippen molar-refractivity contribution in [1.29, 1.82) is 0 Å². The Labute approximate surface area is 256 Å². The Hall–Kier alpha value is -3.78. The maximum Gasteiger partial charge on any atom is 0.342 e. The number of hydrogen-bond donors (Lipinski definition) is 10. The number of carbonyl (C=O) groups excluding carboxylic acids is 2.